The number of para-hydroxylation sites is 1. The Morgan fingerprint density at radius 2 is 1.75 bits per heavy atom. The molecule has 0 unspecified atom stereocenters. The summed E-state index contributed by atoms with van der Waals surface area (Å²) in [5.74, 6) is -0.805. The molecule has 2 aliphatic rings. The number of aryl methyl sites for hydroxylation is 1. The number of hydrogen-bond donors (Lipinski definition) is 1. The van der Waals surface area contributed by atoms with Gasteiger partial charge in [-0.3, -0.25) is 14.4 Å². The van der Waals surface area contributed by atoms with Gasteiger partial charge in [-0.2, -0.15) is 0 Å². The molecule has 0 aromatic heterocycles. The smallest absolute Gasteiger partial charge is 0.312 e. The van der Waals surface area contributed by atoms with Crippen molar-refractivity contribution in [2.75, 3.05) is 25.0 Å². The van der Waals surface area contributed by atoms with Crippen molar-refractivity contribution in [1.29, 1.82) is 0 Å². The van der Waals surface area contributed by atoms with E-state index in [4.69, 9.17) is 4.74 Å². The zero-order valence-electron chi connectivity index (χ0n) is 18.5. The van der Waals surface area contributed by atoms with E-state index >= 15 is 0 Å². The Morgan fingerprint density at radius 3 is 2.47 bits per heavy atom. The van der Waals surface area contributed by atoms with Gasteiger partial charge in [-0.15, -0.1) is 0 Å². The van der Waals surface area contributed by atoms with Crippen LogP contribution in [0.1, 0.15) is 49.7 Å². The van der Waals surface area contributed by atoms with Gasteiger partial charge >= 0.3 is 5.97 Å². The van der Waals surface area contributed by atoms with Crippen molar-refractivity contribution in [2.24, 2.45) is 5.41 Å². The molecule has 4 rings (SSSR count). The quantitative estimate of drug-likeness (QED) is 0.700. The molecule has 0 bridgehead atoms. The number of carbonyl (C=O) groups is 3. The van der Waals surface area contributed by atoms with E-state index < -0.39 is 11.3 Å². The van der Waals surface area contributed by atoms with Crippen molar-refractivity contribution in [3.05, 3.63) is 65.7 Å². The highest BCUT2D eigenvalue weighted by Gasteiger charge is 2.44. The van der Waals surface area contributed by atoms with E-state index in [0.717, 1.165) is 12.0 Å². The largest absolute Gasteiger partial charge is 0.466 e. The van der Waals surface area contributed by atoms with Gasteiger partial charge in [0.05, 0.1) is 17.9 Å². The Morgan fingerprint density at radius 1 is 1.06 bits per heavy atom. The molecule has 32 heavy (non-hydrogen) atoms. The molecule has 6 heteroatoms. The standard InChI is InChI=1S/C26H30N2O4/c1-2-32-25(31)26(13-12-19-8-4-3-5-9-19)14-16-28(17-15-26)24(30)21-18-23(29)27-22-11-7-6-10-20(21)22/h3-11,21H,2,12-18H2,1H3,(H,27,29)/t21-/m0/s1. The lowest BCUT2D eigenvalue weighted by molar-refractivity contribution is -0.161. The third-order valence-corrected chi connectivity index (χ3v) is 6.77. The van der Waals surface area contributed by atoms with Crippen molar-refractivity contribution in [1.82, 2.24) is 4.90 Å². The van der Waals surface area contributed by atoms with Crippen LogP contribution in [0.4, 0.5) is 5.69 Å². The van der Waals surface area contributed by atoms with E-state index in [1.807, 2.05) is 54.3 Å². The normalized spacial score (nSPS) is 19.6. The number of benzene rings is 2. The highest BCUT2D eigenvalue weighted by Crippen LogP contribution is 2.40. The van der Waals surface area contributed by atoms with Gasteiger partial charge in [0.15, 0.2) is 0 Å². The maximum absolute atomic E-state index is 13.4. The van der Waals surface area contributed by atoms with Crippen LogP contribution >= 0.6 is 0 Å². The predicted octanol–water partition coefficient (Wildman–Crippen LogP) is 3.92. The summed E-state index contributed by atoms with van der Waals surface area (Å²) >= 11 is 0. The van der Waals surface area contributed by atoms with Crippen LogP contribution in [0.5, 0.6) is 0 Å². The average Bonchev–Trinajstić information content (AvgIpc) is 2.83. The van der Waals surface area contributed by atoms with E-state index in [1.54, 1.807) is 0 Å². The number of rotatable bonds is 6. The summed E-state index contributed by atoms with van der Waals surface area (Å²) in [4.78, 5) is 40.3. The molecule has 0 spiro atoms. The summed E-state index contributed by atoms with van der Waals surface area (Å²) in [7, 11) is 0. The number of anilines is 1. The number of carbonyl (C=O) groups excluding carboxylic acids is 3. The van der Waals surface area contributed by atoms with Crippen LogP contribution in [-0.2, 0) is 25.5 Å². The molecule has 6 nitrogen and oxygen atoms in total. The van der Waals surface area contributed by atoms with Gasteiger partial charge in [-0.1, -0.05) is 48.5 Å². The first kappa shape index (κ1) is 22.1. The number of likely N-dealkylation sites (tertiary alicyclic amines) is 1. The minimum absolute atomic E-state index is 0.0344. The molecular formula is C26H30N2O4. The van der Waals surface area contributed by atoms with Gasteiger partial charge in [0.1, 0.15) is 0 Å². The number of nitrogens with one attached hydrogen (secondary N) is 1. The van der Waals surface area contributed by atoms with Crippen LogP contribution in [0.15, 0.2) is 54.6 Å². The minimum Gasteiger partial charge on any atom is -0.466 e. The fourth-order valence-corrected chi connectivity index (χ4v) is 4.88. The lowest BCUT2D eigenvalue weighted by Gasteiger charge is -2.41. The summed E-state index contributed by atoms with van der Waals surface area (Å²) in [6.45, 7) is 3.16. The van der Waals surface area contributed by atoms with Gasteiger partial charge in [-0.25, -0.2) is 0 Å². The second-order valence-electron chi connectivity index (χ2n) is 8.70. The predicted molar refractivity (Wildman–Crippen MR) is 122 cm³/mol. The van der Waals surface area contributed by atoms with Crippen LogP contribution in [0, 0.1) is 5.41 Å². The number of hydrogen-bond acceptors (Lipinski definition) is 4. The minimum atomic E-state index is -0.579. The van der Waals surface area contributed by atoms with Crippen molar-refractivity contribution >= 4 is 23.5 Å². The van der Waals surface area contributed by atoms with Crippen LogP contribution in [0.3, 0.4) is 0 Å². The molecule has 1 saturated heterocycles. The zero-order chi connectivity index (χ0) is 22.6. The molecular weight excluding hydrogens is 404 g/mol. The SMILES string of the molecule is CCOC(=O)C1(CCc2ccccc2)CCN(C(=O)[C@H]2CC(=O)Nc3ccccc32)CC1. The lowest BCUT2D eigenvalue weighted by atomic mass is 9.73. The van der Waals surface area contributed by atoms with Crippen molar-refractivity contribution in [3.63, 3.8) is 0 Å². The van der Waals surface area contributed by atoms with Crippen LogP contribution in [-0.4, -0.2) is 42.4 Å². The monoisotopic (exact) mass is 434 g/mol. The molecule has 2 aromatic rings. The molecule has 1 N–H and O–H groups in total. The van der Waals surface area contributed by atoms with E-state index in [1.165, 1.54) is 5.56 Å². The fourth-order valence-electron chi connectivity index (χ4n) is 4.88. The highest BCUT2D eigenvalue weighted by molar-refractivity contribution is 6.01. The van der Waals surface area contributed by atoms with Crippen LogP contribution in [0.25, 0.3) is 0 Å². The molecule has 0 radical (unpaired) electrons. The Balaban J connectivity index is 1.47. The second-order valence-corrected chi connectivity index (χ2v) is 8.70. The van der Waals surface area contributed by atoms with Crippen LogP contribution in [0.2, 0.25) is 0 Å². The molecule has 1 atom stereocenters. The first-order chi connectivity index (χ1) is 15.5. The van der Waals surface area contributed by atoms with E-state index in [-0.39, 0.29) is 24.2 Å². The Kier molecular flexibility index (Phi) is 6.58. The first-order valence-corrected chi connectivity index (χ1v) is 11.4. The third-order valence-electron chi connectivity index (χ3n) is 6.77. The Labute approximate surface area is 188 Å². The number of esters is 1. The van der Waals surface area contributed by atoms with Gasteiger partial charge < -0.3 is 15.0 Å². The summed E-state index contributed by atoms with van der Waals surface area (Å²) in [5, 5.41) is 2.85. The zero-order valence-corrected chi connectivity index (χ0v) is 18.5. The molecule has 168 valence electrons. The molecule has 0 aliphatic carbocycles. The number of fused-ring (bicyclic) bond motifs is 1. The second kappa shape index (κ2) is 9.55. The Hall–Kier alpha value is -3.15. The lowest BCUT2D eigenvalue weighted by Crippen LogP contribution is -2.49. The molecule has 2 aromatic carbocycles. The fraction of sp³-hybridized carbons (Fsp3) is 0.423. The highest BCUT2D eigenvalue weighted by atomic mass is 16.5. The van der Waals surface area contributed by atoms with E-state index in [9.17, 15) is 14.4 Å². The number of ether oxygens (including phenoxy) is 1. The molecule has 0 saturated carbocycles. The molecule has 2 aliphatic heterocycles. The van der Waals surface area contributed by atoms with Gasteiger partial charge in [0.2, 0.25) is 11.8 Å². The summed E-state index contributed by atoms with van der Waals surface area (Å²) < 4.78 is 5.45. The molecule has 1 fully saturated rings. The van der Waals surface area contributed by atoms with E-state index in [2.05, 4.69) is 17.4 Å². The van der Waals surface area contributed by atoms with Crippen molar-refractivity contribution in [3.8, 4) is 0 Å². The van der Waals surface area contributed by atoms with Crippen molar-refractivity contribution < 1.29 is 19.1 Å². The van der Waals surface area contributed by atoms with Crippen molar-refractivity contribution in [2.45, 2.75) is 44.9 Å². The number of nitrogens with zero attached hydrogens (tertiary/aromatic N) is 1. The molecule has 2 heterocycles. The topological polar surface area (TPSA) is 75.7 Å². The van der Waals surface area contributed by atoms with Gasteiger partial charge in [0, 0.05) is 25.2 Å². The number of amides is 2. The third kappa shape index (κ3) is 4.54. The summed E-state index contributed by atoms with van der Waals surface area (Å²) in [6, 6.07) is 17.6. The number of piperidine rings is 1. The Bertz CT molecular complexity index is 980. The average molecular weight is 435 g/mol. The molecule has 2 amide bonds. The van der Waals surface area contributed by atoms with Gasteiger partial charge in [0.25, 0.3) is 0 Å². The van der Waals surface area contributed by atoms with Gasteiger partial charge in [-0.05, 0) is 49.8 Å². The van der Waals surface area contributed by atoms with Crippen LogP contribution < -0.4 is 5.32 Å². The summed E-state index contributed by atoms with van der Waals surface area (Å²) in [5.41, 5.74) is 2.19. The summed E-state index contributed by atoms with van der Waals surface area (Å²) in [6.07, 6.45) is 2.80. The van der Waals surface area contributed by atoms with E-state index in [0.29, 0.717) is 44.6 Å². The maximum atomic E-state index is 13.4. The first-order valence-electron chi connectivity index (χ1n) is 11.4. The maximum Gasteiger partial charge on any atom is 0.312 e.